The van der Waals surface area contributed by atoms with Gasteiger partial charge in [-0.1, -0.05) is 6.92 Å². The van der Waals surface area contributed by atoms with Crippen LogP contribution < -0.4 is 10.5 Å². The van der Waals surface area contributed by atoms with Gasteiger partial charge in [0.1, 0.15) is 11.6 Å². The van der Waals surface area contributed by atoms with Gasteiger partial charge in [-0.15, -0.1) is 11.3 Å². The molecule has 1 aliphatic carbocycles. The number of benzene rings is 1. The molecule has 2 heterocycles. The summed E-state index contributed by atoms with van der Waals surface area (Å²) >= 11 is 1.58. The number of aliphatic hydroxyl groups excluding tert-OH is 1. The highest BCUT2D eigenvalue weighted by Gasteiger charge is 2.36. The lowest BCUT2D eigenvalue weighted by atomic mass is 9.70. The maximum Gasteiger partial charge on any atom is 0.313 e. The van der Waals surface area contributed by atoms with E-state index >= 15 is 0 Å². The molecule has 4 N–H and O–H groups in total. The van der Waals surface area contributed by atoms with Crippen LogP contribution in [0.15, 0.2) is 21.5 Å². The molecule has 2 aliphatic rings. The van der Waals surface area contributed by atoms with Gasteiger partial charge in [0.15, 0.2) is 16.5 Å². The quantitative estimate of drug-likeness (QED) is 0.0160. The second-order valence-corrected chi connectivity index (χ2v) is 19.6. The lowest BCUT2D eigenvalue weighted by Gasteiger charge is -2.34. The second kappa shape index (κ2) is 36.9. The molecule has 0 bridgehead atoms. The number of halogens is 4. The number of hydrogen-bond acceptors (Lipinski definition) is 21. The van der Waals surface area contributed by atoms with E-state index in [1.54, 1.807) is 11.3 Å². The Morgan fingerprint density at radius 1 is 0.688 bits per heavy atom. The van der Waals surface area contributed by atoms with Crippen molar-refractivity contribution in [2.75, 3.05) is 152 Å². The molecule has 1 amide bonds. The fraction of sp³-hybridized carbons (Fsp3) is 0.673. The van der Waals surface area contributed by atoms with E-state index in [1.807, 2.05) is 19.1 Å². The Bertz CT molecular complexity index is 2260. The number of esters is 1. The van der Waals surface area contributed by atoms with Crippen LogP contribution in [-0.4, -0.2) is 199 Å². The van der Waals surface area contributed by atoms with E-state index in [4.69, 9.17) is 67.6 Å². The van der Waals surface area contributed by atoms with Gasteiger partial charge < -0.3 is 62.9 Å². The van der Waals surface area contributed by atoms with E-state index in [0.29, 0.717) is 136 Å². The highest BCUT2D eigenvalue weighted by atomic mass is 32.2. The molecular weight excluding hydrogens is 1070 g/mol. The number of carbonyl (C=O) groups is 3. The van der Waals surface area contributed by atoms with E-state index in [2.05, 4.69) is 9.73 Å². The number of hydroxylamine groups is 2. The number of ether oxygens (including phenoxy) is 11. The molecule has 1 aromatic carbocycles. The summed E-state index contributed by atoms with van der Waals surface area (Å²) in [5.41, 5.74) is 7.41. The van der Waals surface area contributed by atoms with Crippen LogP contribution in [-0.2, 0) is 83.1 Å². The molecule has 1 saturated carbocycles. The molecule has 77 heavy (non-hydrogen) atoms. The first kappa shape index (κ1) is 65.4. The average Bonchev–Trinajstić information content (AvgIpc) is 3.69. The number of nitrogens with two attached hydrogens (primary N) is 1. The maximum atomic E-state index is 14.0. The van der Waals surface area contributed by atoms with Crippen molar-refractivity contribution in [1.29, 1.82) is 0 Å². The molecule has 4 rings (SSSR count). The number of rotatable bonds is 44. The normalized spacial score (nSPS) is 15.4. The van der Waals surface area contributed by atoms with E-state index in [-0.39, 0.29) is 70.3 Å². The Balaban J connectivity index is 0.839. The SMILES string of the molecule is CCCN(OCCO)C(=O)C1=Cc2sc(CC3CC(C(=O)CCOCCOCCOCCOCCOCCOCCOCCOCCOCCOCCC(=O)Oc4c(F)c(F)c(S(=O)(=O)O)c(F)c4F)C3)cc2N=C(N)C1. The molecule has 436 valence electrons. The molecule has 0 atom stereocenters. The number of aliphatic hydroxyl groups is 1. The monoisotopic (exact) mass is 1150 g/mol. The largest absolute Gasteiger partial charge is 0.420 e. The first-order valence-corrected chi connectivity index (χ1v) is 27.5. The summed E-state index contributed by atoms with van der Waals surface area (Å²) in [6.45, 7) is 8.24. The third-order valence-corrected chi connectivity index (χ3v) is 13.1. The van der Waals surface area contributed by atoms with Crippen molar-refractivity contribution < 1.29 is 107 Å². The van der Waals surface area contributed by atoms with Gasteiger partial charge in [-0.2, -0.15) is 17.2 Å². The number of thiophene rings is 1. The highest BCUT2D eigenvalue weighted by Crippen LogP contribution is 2.42. The van der Waals surface area contributed by atoms with Gasteiger partial charge in [0, 0.05) is 35.8 Å². The standard InChI is InChI=1S/C49H71F4N3O19S2/c1-2-5-56(74-9-6-57)49(60)36-31-40-38(55-41(54)32-36)33-37(76-40)30-34-28-35(29-34)39(58)3-7-64-10-12-66-14-16-68-18-20-70-22-24-72-26-27-73-25-23-71-21-19-69-17-15-67-13-11-65-8-4-42(59)75-47-43(50)45(52)48(77(61,62)63)46(53)44(47)51/h31,33-35,57H,2-30,32H2,1H3,(H2,54,55)(H,61,62,63). The van der Waals surface area contributed by atoms with Crippen LogP contribution in [0.1, 0.15) is 55.2 Å². The van der Waals surface area contributed by atoms with Gasteiger partial charge in [-0.25, -0.2) is 18.8 Å². The Labute approximate surface area is 449 Å². The smallest absolute Gasteiger partial charge is 0.313 e. The molecule has 2 aromatic rings. The molecule has 1 aliphatic heterocycles. The molecule has 28 heteroatoms. The average molecular weight is 1150 g/mol. The van der Waals surface area contributed by atoms with Crippen LogP contribution in [0.5, 0.6) is 5.75 Å². The van der Waals surface area contributed by atoms with Crippen molar-refractivity contribution in [2.24, 2.45) is 22.6 Å². The number of fused-ring (bicyclic) bond motifs is 1. The van der Waals surface area contributed by atoms with E-state index in [9.17, 15) is 40.4 Å². The summed E-state index contributed by atoms with van der Waals surface area (Å²) in [6, 6.07) is 2.02. The van der Waals surface area contributed by atoms with Gasteiger partial charge in [0.2, 0.25) is 17.4 Å². The van der Waals surface area contributed by atoms with Crippen LogP contribution >= 0.6 is 11.3 Å². The summed E-state index contributed by atoms with van der Waals surface area (Å²) < 4.78 is 145. The third-order valence-electron chi connectivity index (χ3n) is 11.1. The topological polar surface area (TPSA) is 278 Å². The minimum atomic E-state index is -5.65. The molecule has 0 saturated heterocycles. The van der Waals surface area contributed by atoms with E-state index in [0.717, 1.165) is 34.7 Å². The summed E-state index contributed by atoms with van der Waals surface area (Å²) in [6.07, 6.45) is 5.03. The van der Waals surface area contributed by atoms with Crippen LogP contribution in [0.4, 0.5) is 23.2 Å². The summed E-state index contributed by atoms with van der Waals surface area (Å²) in [7, 11) is -5.65. The minimum Gasteiger partial charge on any atom is -0.420 e. The first-order chi connectivity index (χ1) is 37.1. The van der Waals surface area contributed by atoms with Gasteiger partial charge in [-0.05, 0) is 43.7 Å². The fourth-order valence-electron chi connectivity index (χ4n) is 7.35. The molecule has 1 fully saturated rings. The van der Waals surface area contributed by atoms with Crippen molar-refractivity contribution in [1.82, 2.24) is 5.06 Å². The number of amidine groups is 1. The van der Waals surface area contributed by atoms with Crippen LogP contribution in [0, 0.1) is 35.1 Å². The number of carbonyl (C=O) groups excluding carboxylic acids is 3. The van der Waals surface area contributed by atoms with Gasteiger partial charge >= 0.3 is 16.1 Å². The predicted octanol–water partition coefficient (Wildman–Crippen LogP) is 4.18. The highest BCUT2D eigenvalue weighted by molar-refractivity contribution is 7.85. The van der Waals surface area contributed by atoms with Crippen molar-refractivity contribution in [3.05, 3.63) is 44.7 Å². The Morgan fingerprint density at radius 3 is 1.56 bits per heavy atom. The molecule has 1 aromatic heterocycles. The minimum absolute atomic E-state index is 0.0181. The zero-order valence-electron chi connectivity index (χ0n) is 43.2. The van der Waals surface area contributed by atoms with Crippen molar-refractivity contribution in [3.63, 3.8) is 0 Å². The number of Topliss-reactive ketones (excluding diaryl/α,β-unsaturated/α-hetero) is 1. The number of nitrogens with zero attached hydrogens (tertiary/aromatic N) is 2. The molecule has 22 nitrogen and oxygen atoms in total. The fourth-order valence-corrected chi connectivity index (χ4v) is 9.16. The number of hydrogen-bond donors (Lipinski definition) is 3. The van der Waals surface area contributed by atoms with E-state index in [1.165, 1.54) is 5.06 Å². The second-order valence-electron chi connectivity index (χ2n) is 17.1. The van der Waals surface area contributed by atoms with Crippen molar-refractivity contribution in [3.8, 4) is 5.75 Å². The Morgan fingerprint density at radius 2 is 1.13 bits per heavy atom. The van der Waals surface area contributed by atoms with E-state index < -0.39 is 56.4 Å². The number of aliphatic imine (C=N–C) groups is 1. The number of amides is 1. The Kier molecular flexibility index (Phi) is 31.4. The molecule has 0 spiro atoms. The van der Waals surface area contributed by atoms with Crippen molar-refractivity contribution >= 4 is 56.7 Å². The molecule has 0 radical (unpaired) electrons. The summed E-state index contributed by atoms with van der Waals surface area (Å²) in [5, 5.41) is 10.4. The lowest BCUT2D eigenvalue weighted by molar-refractivity contribution is -0.185. The summed E-state index contributed by atoms with van der Waals surface area (Å²) in [5.74, 6) is -12.0. The van der Waals surface area contributed by atoms with Crippen LogP contribution in [0.2, 0.25) is 0 Å². The van der Waals surface area contributed by atoms with Crippen LogP contribution in [0.3, 0.4) is 0 Å². The van der Waals surface area contributed by atoms with Crippen LogP contribution in [0.25, 0.3) is 6.08 Å². The first-order valence-electron chi connectivity index (χ1n) is 25.2. The van der Waals surface area contributed by atoms with Gasteiger partial charge in [0.25, 0.3) is 5.91 Å². The maximum absolute atomic E-state index is 14.0. The van der Waals surface area contributed by atoms with Gasteiger partial charge in [0.05, 0.1) is 162 Å². The molecular formula is C49H71F4N3O19S2. The predicted molar refractivity (Wildman–Crippen MR) is 267 cm³/mol. The zero-order valence-corrected chi connectivity index (χ0v) is 44.8. The lowest BCUT2D eigenvalue weighted by Crippen LogP contribution is -2.35. The van der Waals surface area contributed by atoms with Gasteiger partial charge in [-0.3, -0.25) is 23.8 Å². The Hall–Kier alpha value is -4.11. The van der Waals surface area contributed by atoms with Crippen molar-refractivity contribution in [2.45, 2.75) is 56.8 Å². The zero-order chi connectivity index (χ0) is 55.8. The molecule has 0 unspecified atom stereocenters. The number of ketones is 1. The summed E-state index contributed by atoms with van der Waals surface area (Å²) in [4.78, 5) is 47.6. The third kappa shape index (κ3) is 24.4.